The molecule has 4 heteroatoms. The number of nitrogens with zero attached hydrogens (tertiary/aromatic N) is 3. The summed E-state index contributed by atoms with van der Waals surface area (Å²) in [5, 5.41) is 5.59. The molecule has 104 valence electrons. The summed E-state index contributed by atoms with van der Waals surface area (Å²) in [6.07, 6.45) is 0. The van der Waals surface area contributed by atoms with Crippen LogP contribution in [0.3, 0.4) is 0 Å². The van der Waals surface area contributed by atoms with E-state index in [0.717, 1.165) is 27.8 Å². The molecule has 0 aliphatic heterocycles. The quantitative estimate of drug-likeness (QED) is 0.790. The fourth-order valence-corrected chi connectivity index (χ4v) is 1.97. The van der Waals surface area contributed by atoms with E-state index in [1.165, 1.54) is 0 Å². The number of aryl methyl sites for hydroxylation is 3. The summed E-state index contributed by atoms with van der Waals surface area (Å²) in [5.74, 6) is 0.0141. The Morgan fingerprint density at radius 2 is 1.84 bits per heavy atom. The normalized spacial score (nSPS) is 10.1. The lowest BCUT2D eigenvalue weighted by molar-refractivity contribution is -0.116. The molecule has 0 saturated heterocycles. The number of aromatic nitrogens is 2. The summed E-state index contributed by atoms with van der Waals surface area (Å²) in [4.78, 5) is 13.1. The summed E-state index contributed by atoms with van der Waals surface area (Å²) in [6, 6.07) is 4.10. The molecule has 2 rings (SSSR count). The molecule has 0 fully saturated rings. The Hall–Kier alpha value is -1.84. The number of carbonyl (C=O) groups is 1. The van der Waals surface area contributed by atoms with E-state index < -0.39 is 0 Å². The van der Waals surface area contributed by atoms with Crippen molar-refractivity contribution in [1.29, 1.82) is 0 Å². The van der Waals surface area contributed by atoms with Gasteiger partial charge in [-0.3, -0.25) is 9.48 Å². The Balaban J connectivity index is 0.000000861. The van der Waals surface area contributed by atoms with E-state index in [1.54, 1.807) is 18.9 Å². The first kappa shape index (κ1) is 15.2. The standard InChI is InChI=1S/C13H17N3O.C2H6/c1-8-6-11-9(2)16(5)14-13(11)12(7-8)15(4)10(3)17;1-2/h6-7H,1-5H3;1-2H3. The molecule has 1 aromatic heterocycles. The minimum Gasteiger partial charge on any atom is -0.314 e. The van der Waals surface area contributed by atoms with Crippen molar-refractivity contribution in [3.63, 3.8) is 0 Å². The first-order chi connectivity index (χ1) is 8.91. The summed E-state index contributed by atoms with van der Waals surface area (Å²) < 4.78 is 1.85. The third-order valence-corrected chi connectivity index (χ3v) is 3.19. The predicted octanol–water partition coefficient (Wildman–Crippen LogP) is 3.20. The Labute approximate surface area is 115 Å². The molecule has 0 aliphatic rings. The Kier molecular flexibility index (Phi) is 4.70. The lowest BCUT2D eigenvalue weighted by Gasteiger charge is -2.16. The highest BCUT2D eigenvalue weighted by molar-refractivity contribution is 6.01. The van der Waals surface area contributed by atoms with E-state index in [0.29, 0.717) is 0 Å². The molecule has 0 N–H and O–H groups in total. The van der Waals surface area contributed by atoms with Crippen molar-refractivity contribution in [1.82, 2.24) is 9.78 Å². The number of hydrogen-bond donors (Lipinski definition) is 0. The molecule has 0 spiro atoms. The molecule has 1 amide bonds. The van der Waals surface area contributed by atoms with Crippen LogP contribution in [-0.4, -0.2) is 22.7 Å². The SMILES string of the molecule is CC.CC(=O)N(C)c1cc(C)cc2c(C)n(C)nc12. The molecule has 1 aromatic carbocycles. The minimum atomic E-state index is 0.0141. The largest absolute Gasteiger partial charge is 0.314 e. The van der Waals surface area contributed by atoms with Gasteiger partial charge in [-0.05, 0) is 31.5 Å². The van der Waals surface area contributed by atoms with Crippen LogP contribution in [0, 0.1) is 13.8 Å². The highest BCUT2D eigenvalue weighted by Crippen LogP contribution is 2.29. The van der Waals surface area contributed by atoms with Gasteiger partial charge in [-0.15, -0.1) is 0 Å². The number of benzene rings is 1. The van der Waals surface area contributed by atoms with Gasteiger partial charge in [0.05, 0.1) is 5.69 Å². The van der Waals surface area contributed by atoms with Gasteiger partial charge < -0.3 is 4.90 Å². The maximum atomic E-state index is 11.5. The van der Waals surface area contributed by atoms with Crippen molar-refractivity contribution in [2.45, 2.75) is 34.6 Å². The first-order valence-corrected chi connectivity index (χ1v) is 6.60. The van der Waals surface area contributed by atoms with Gasteiger partial charge >= 0.3 is 0 Å². The van der Waals surface area contributed by atoms with Crippen molar-refractivity contribution in [3.8, 4) is 0 Å². The number of amides is 1. The van der Waals surface area contributed by atoms with E-state index >= 15 is 0 Å². The van der Waals surface area contributed by atoms with E-state index in [9.17, 15) is 4.79 Å². The Morgan fingerprint density at radius 3 is 2.37 bits per heavy atom. The van der Waals surface area contributed by atoms with E-state index in [1.807, 2.05) is 45.5 Å². The van der Waals surface area contributed by atoms with E-state index in [2.05, 4.69) is 11.2 Å². The summed E-state index contributed by atoms with van der Waals surface area (Å²) in [5.41, 5.74) is 4.00. The molecular weight excluding hydrogens is 238 g/mol. The number of anilines is 1. The van der Waals surface area contributed by atoms with Gasteiger partial charge in [0.25, 0.3) is 0 Å². The summed E-state index contributed by atoms with van der Waals surface area (Å²) >= 11 is 0. The number of carbonyl (C=O) groups excluding carboxylic acids is 1. The van der Waals surface area contributed by atoms with Crippen molar-refractivity contribution >= 4 is 22.5 Å². The molecule has 19 heavy (non-hydrogen) atoms. The van der Waals surface area contributed by atoms with Crippen LogP contribution in [-0.2, 0) is 11.8 Å². The molecule has 0 radical (unpaired) electrons. The summed E-state index contributed by atoms with van der Waals surface area (Å²) in [6.45, 7) is 9.62. The Bertz CT molecular complexity index is 599. The zero-order chi connectivity index (χ0) is 14.7. The molecule has 0 bridgehead atoms. The van der Waals surface area contributed by atoms with Crippen LogP contribution in [0.25, 0.3) is 10.9 Å². The van der Waals surface area contributed by atoms with Crippen LogP contribution in [0.2, 0.25) is 0 Å². The van der Waals surface area contributed by atoms with Crippen LogP contribution >= 0.6 is 0 Å². The zero-order valence-corrected chi connectivity index (χ0v) is 12.9. The van der Waals surface area contributed by atoms with Crippen LogP contribution < -0.4 is 4.90 Å². The monoisotopic (exact) mass is 261 g/mol. The fraction of sp³-hybridized carbons (Fsp3) is 0.467. The number of hydrogen-bond acceptors (Lipinski definition) is 2. The maximum absolute atomic E-state index is 11.5. The van der Waals surface area contributed by atoms with Crippen molar-refractivity contribution in [2.75, 3.05) is 11.9 Å². The second-order valence-corrected chi connectivity index (χ2v) is 4.47. The third-order valence-electron chi connectivity index (χ3n) is 3.19. The van der Waals surface area contributed by atoms with Crippen molar-refractivity contribution < 1.29 is 4.79 Å². The molecular formula is C15H23N3O. The van der Waals surface area contributed by atoms with Crippen LogP contribution in [0.5, 0.6) is 0 Å². The van der Waals surface area contributed by atoms with Crippen molar-refractivity contribution in [3.05, 3.63) is 23.4 Å². The average Bonchev–Trinajstić information content (AvgIpc) is 2.67. The molecule has 1 heterocycles. The second-order valence-electron chi connectivity index (χ2n) is 4.47. The first-order valence-electron chi connectivity index (χ1n) is 6.60. The highest BCUT2D eigenvalue weighted by Gasteiger charge is 2.15. The predicted molar refractivity (Wildman–Crippen MR) is 80.6 cm³/mol. The lowest BCUT2D eigenvalue weighted by Crippen LogP contribution is -2.23. The summed E-state index contributed by atoms with van der Waals surface area (Å²) in [7, 11) is 3.70. The molecule has 0 saturated carbocycles. The smallest absolute Gasteiger partial charge is 0.223 e. The number of rotatable bonds is 1. The van der Waals surface area contributed by atoms with Crippen LogP contribution in [0.15, 0.2) is 12.1 Å². The zero-order valence-electron chi connectivity index (χ0n) is 12.9. The Morgan fingerprint density at radius 1 is 1.26 bits per heavy atom. The maximum Gasteiger partial charge on any atom is 0.223 e. The number of fused-ring (bicyclic) bond motifs is 1. The highest BCUT2D eigenvalue weighted by atomic mass is 16.2. The molecule has 0 aliphatic carbocycles. The van der Waals surface area contributed by atoms with Gasteiger partial charge in [0.15, 0.2) is 0 Å². The second kappa shape index (κ2) is 5.87. The molecule has 0 atom stereocenters. The molecule has 0 unspecified atom stereocenters. The third kappa shape index (κ3) is 2.78. The van der Waals surface area contributed by atoms with Gasteiger partial charge in [0.2, 0.25) is 5.91 Å². The molecule has 4 nitrogen and oxygen atoms in total. The lowest BCUT2D eigenvalue weighted by atomic mass is 10.1. The average molecular weight is 261 g/mol. The topological polar surface area (TPSA) is 38.1 Å². The molecule has 2 aromatic rings. The van der Waals surface area contributed by atoms with E-state index in [4.69, 9.17) is 0 Å². The van der Waals surface area contributed by atoms with Crippen LogP contribution in [0.4, 0.5) is 5.69 Å². The van der Waals surface area contributed by atoms with Gasteiger partial charge in [-0.25, -0.2) is 0 Å². The fourth-order valence-electron chi connectivity index (χ4n) is 1.97. The van der Waals surface area contributed by atoms with Crippen molar-refractivity contribution in [2.24, 2.45) is 7.05 Å². The van der Waals surface area contributed by atoms with Crippen LogP contribution in [0.1, 0.15) is 32.0 Å². The van der Waals surface area contributed by atoms with Gasteiger partial charge in [-0.2, -0.15) is 5.10 Å². The van der Waals surface area contributed by atoms with E-state index in [-0.39, 0.29) is 5.91 Å². The minimum absolute atomic E-state index is 0.0141. The van der Waals surface area contributed by atoms with Gasteiger partial charge in [-0.1, -0.05) is 13.8 Å². The van der Waals surface area contributed by atoms with Gasteiger partial charge in [0, 0.05) is 32.1 Å². The van der Waals surface area contributed by atoms with Gasteiger partial charge in [0.1, 0.15) is 5.52 Å².